The zero-order chi connectivity index (χ0) is 13.2. The molecule has 1 N–H and O–H groups in total. The summed E-state index contributed by atoms with van der Waals surface area (Å²) in [5.74, 6) is 0. The third-order valence-corrected chi connectivity index (χ3v) is 4.10. The van der Waals surface area contributed by atoms with Crippen molar-refractivity contribution in [2.24, 2.45) is 5.41 Å². The molecular formula is C14H20ClNO2. The molecule has 2 rings (SSSR count). The number of rotatable bonds is 5. The highest BCUT2D eigenvalue weighted by atomic mass is 35.5. The zero-order valence-corrected chi connectivity index (χ0v) is 11.7. The Hall–Kier alpha value is -0.610. The quantitative estimate of drug-likeness (QED) is 0.891. The lowest BCUT2D eigenvalue weighted by Crippen LogP contribution is -2.52. The first-order valence-electron chi connectivity index (χ1n) is 6.21. The van der Waals surface area contributed by atoms with Gasteiger partial charge in [-0.2, -0.15) is 0 Å². The molecule has 1 aromatic rings. The Morgan fingerprint density at radius 2 is 2.11 bits per heavy atom. The lowest BCUT2D eigenvalue weighted by Gasteiger charge is -2.43. The van der Waals surface area contributed by atoms with Crippen molar-refractivity contribution < 1.29 is 9.84 Å². The Bertz CT molecular complexity index is 401. The van der Waals surface area contributed by atoms with Crippen LogP contribution in [-0.4, -0.2) is 43.4 Å². The van der Waals surface area contributed by atoms with Crippen molar-refractivity contribution in [1.82, 2.24) is 4.90 Å². The van der Waals surface area contributed by atoms with Crippen LogP contribution in [0.2, 0.25) is 5.02 Å². The molecule has 1 aliphatic rings. The van der Waals surface area contributed by atoms with Gasteiger partial charge in [-0.05, 0) is 25.6 Å². The van der Waals surface area contributed by atoms with Crippen LogP contribution in [0.3, 0.4) is 0 Å². The predicted molar refractivity (Wildman–Crippen MR) is 72.8 cm³/mol. The van der Waals surface area contributed by atoms with Crippen LogP contribution in [0, 0.1) is 5.41 Å². The second kappa shape index (κ2) is 5.57. The summed E-state index contributed by atoms with van der Waals surface area (Å²) < 4.78 is 5.23. The average molecular weight is 270 g/mol. The molecule has 1 saturated heterocycles. The summed E-state index contributed by atoms with van der Waals surface area (Å²) in [6.07, 6.45) is 0. The summed E-state index contributed by atoms with van der Waals surface area (Å²) in [6, 6.07) is 8.12. The van der Waals surface area contributed by atoms with E-state index in [1.165, 1.54) is 0 Å². The molecule has 0 radical (unpaired) electrons. The van der Waals surface area contributed by atoms with Crippen LogP contribution in [0.1, 0.15) is 18.5 Å². The first kappa shape index (κ1) is 13.8. The Labute approximate surface area is 113 Å². The van der Waals surface area contributed by atoms with Crippen LogP contribution < -0.4 is 0 Å². The van der Waals surface area contributed by atoms with Crippen molar-refractivity contribution in [2.45, 2.75) is 13.0 Å². The topological polar surface area (TPSA) is 32.7 Å². The summed E-state index contributed by atoms with van der Waals surface area (Å²) in [4.78, 5) is 2.22. The molecule has 0 aromatic heterocycles. The fraction of sp³-hybridized carbons (Fsp3) is 0.571. The number of halogens is 1. The minimum Gasteiger partial charge on any atom is -0.396 e. The third-order valence-electron chi connectivity index (χ3n) is 3.75. The molecule has 18 heavy (non-hydrogen) atoms. The number of aliphatic hydroxyl groups is 1. The van der Waals surface area contributed by atoms with Crippen molar-refractivity contribution in [3.63, 3.8) is 0 Å². The summed E-state index contributed by atoms with van der Waals surface area (Å²) in [5, 5.41) is 10.3. The van der Waals surface area contributed by atoms with Crippen molar-refractivity contribution in [3.8, 4) is 0 Å². The Balaban J connectivity index is 2.05. The van der Waals surface area contributed by atoms with Crippen LogP contribution >= 0.6 is 11.6 Å². The smallest absolute Gasteiger partial charge is 0.0579 e. The van der Waals surface area contributed by atoms with Gasteiger partial charge >= 0.3 is 0 Å². The number of nitrogens with zero attached hydrogens (tertiary/aromatic N) is 1. The van der Waals surface area contributed by atoms with Crippen LogP contribution in [0.25, 0.3) is 0 Å². The Morgan fingerprint density at radius 1 is 1.44 bits per heavy atom. The minimum atomic E-state index is -0.0930. The van der Waals surface area contributed by atoms with E-state index in [9.17, 15) is 5.11 Å². The van der Waals surface area contributed by atoms with Gasteiger partial charge in [0.1, 0.15) is 0 Å². The van der Waals surface area contributed by atoms with E-state index in [1.54, 1.807) is 0 Å². The molecule has 0 saturated carbocycles. The van der Waals surface area contributed by atoms with E-state index < -0.39 is 0 Å². The largest absolute Gasteiger partial charge is 0.396 e. The van der Waals surface area contributed by atoms with Crippen LogP contribution in [0.5, 0.6) is 0 Å². The summed E-state index contributed by atoms with van der Waals surface area (Å²) >= 11 is 6.22. The molecule has 100 valence electrons. The normalized spacial score (nSPS) is 19.6. The maximum absolute atomic E-state index is 9.46. The van der Waals surface area contributed by atoms with Crippen LogP contribution in [0.4, 0.5) is 0 Å². The molecule has 0 amide bonds. The number of hydrogen-bond donors (Lipinski definition) is 1. The molecule has 4 heteroatoms. The lowest BCUT2D eigenvalue weighted by molar-refractivity contribution is -0.149. The lowest BCUT2D eigenvalue weighted by atomic mass is 9.86. The molecule has 1 heterocycles. The molecule has 1 aliphatic heterocycles. The fourth-order valence-corrected chi connectivity index (χ4v) is 2.63. The van der Waals surface area contributed by atoms with Gasteiger partial charge in [-0.25, -0.2) is 0 Å². The van der Waals surface area contributed by atoms with E-state index in [-0.39, 0.29) is 18.1 Å². The summed E-state index contributed by atoms with van der Waals surface area (Å²) in [6.45, 7) is 4.40. The van der Waals surface area contributed by atoms with Crippen molar-refractivity contribution in [3.05, 3.63) is 34.9 Å². The number of benzene rings is 1. The van der Waals surface area contributed by atoms with Crippen LogP contribution in [0.15, 0.2) is 24.3 Å². The maximum Gasteiger partial charge on any atom is 0.0579 e. The van der Waals surface area contributed by atoms with E-state index >= 15 is 0 Å². The van der Waals surface area contributed by atoms with Gasteiger partial charge < -0.3 is 9.84 Å². The first-order chi connectivity index (χ1) is 8.58. The molecule has 0 aliphatic carbocycles. The van der Waals surface area contributed by atoms with Gasteiger partial charge in [0, 0.05) is 17.6 Å². The van der Waals surface area contributed by atoms with Crippen molar-refractivity contribution >= 4 is 11.6 Å². The van der Waals surface area contributed by atoms with E-state index in [2.05, 4.69) is 18.9 Å². The van der Waals surface area contributed by atoms with E-state index in [0.29, 0.717) is 13.2 Å². The second-order valence-corrected chi connectivity index (χ2v) is 5.67. The average Bonchev–Trinajstić information content (AvgIpc) is 2.33. The predicted octanol–water partition coefficient (Wildman–Crippen LogP) is 2.34. The van der Waals surface area contributed by atoms with Gasteiger partial charge in [-0.15, -0.1) is 0 Å². The number of ether oxygens (including phenoxy) is 1. The Kier molecular flexibility index (Phi) is 4.28. The monoisotopic (exact) mass is 269 g/mol. The third kappa shape index (κ3) is 2.69. The molecule has 1 atom stereocenters. The number of aliphatic hydroxyl groups excluding tert-OH is 1. The number of hydrogen-bond acceptors (Lipinski definition) is 3. The van der Waals surface area contributed by atoms with Gasteiger partial charge in [0.2, 0.25) is 0 Å². The van der Waals surface area contributed by atoms with Crippen molar-refractivity contribution in [1.29, 1.82) is 0 Å². The molecule has 0 spiro atoms. The van der Waals surface area contributed by atoms with Gasteiger partial charge in [-0.1, -0.05) is 29.8 Å². The first-order valence-corrected chi connectivity index (χ1v) is 6.59. The zero-order valence-electron chi connectivity index (χ0n) is 10.9. The summed E-state index contributed by atoms with van der Waals surface area (Å²) in [5.41, 5.74) is 1.03. The molecule has 1 unspecified atom stereocenters. The van der Waals surface area contributed by atoms with Gasteiger partial charge in [-0.3, -0.25) is 4.90 Å². The van der Waals surface area contributed by atoms with E-state index in [0.717, 1.165) is 17.1 Å². The SMILES string of the molecule is CC(c1ccccc1Cl)N(C)CC1(CO)COC1. The van der Waals surface area contributed by atoms with Gasteiger partial charge in [0.15, 0.2) is 0 Å². The maximum atomic E-state index is 9.46. The molecule has 3 nitrogen and oxygen atoms in total. The van der Waals surface area contributed by atoms with E-state index in [4.69, 9.17) is 16.3 Å². The van der Waals surface area contributed by atoms with Gasteiger partial charge in [0.05, 0.1) is 25.2 Å². The standard InChI is InChI=1S/C14H20ClNO2/c1-11(12-5-3-4-6-13(12)15)16(2)7-14(8-17)9-18-10-14/h3-6,11,17H,7-10H2,1-2H3. The van der Waals surface area contributed by atoms with Crippen molar-refractivity contribution in [2.75, 3.05) is 33.4 Å². The minimum absolute atomic E-state index is 0.0930. The van der Waals surface area contributed by atoms with Crippen LogP contribution in [-0.2, 0) is 4.74 Å². The molecule has 1 fully saturated rings. The highest BCUT2D eigenvalue weighted by Gasteiger charge is 2.39. The van der Waals surface area contributed by atoms with Gasteiger partial charge in [0.25, 0.3) is 0 Å². The molecule has 1 aromatic carbocycles. The second-order valence-electron chi connectivity index (χ2n) is 5.26. The highest BCUT2D eigenvalue weighted by Crippen LogP contribution is 2.32. The Morgan fingerprint density at radius 3 is 2.61 bits per heavy atom. The molecular weight excluding hydrogens is 250 g/mol. The van der Waals surface area contributed by atoms with E-state index in [1.807, 2.05) is 24.3 Å². The molecule has 0 bridgehead atoms. The fourth-order valence-electron chi connectivity index (χ4n) is 2.34. The highest BCUT2D eigenvalue weighted by molar-refractivity contribution is 6.31. The summed E-state index contributed by atoms with van der Waals surface area (Å²) in [7, 11) is 2.06.